The summed E-state index contributed by atoms with van der Waals surface area (Å²) < 4.78 is 2.12. The van der Waals surface area contributed by atoms with Gasteiger partial charge in [-0.15, -0.1) is 11.6 Å². The third-order valence-corrected chi connectivity index (χ3v) is 3.96. The summed E-state index contributed by atoms with van der Waals surface area (Å²) in [5.41, 5.74) is 2.69. The predicted octanol–water partition coefficient (Wildman–Crippen LogP) is 2.90. The molecule has 1 N–H and O–H groups in total. The minimum atomic E-state index is -0.507. The Morgan fingerprint density at radius 3 is 2.76 bits per heavy atom. The SMILES string of the molecule is CNC(=O)C(C)(C)Cn1c(CCCl)nc2c(C)cccc21. The molecule has 2 aromatic rings. The number of imidazole rings is 1. The van der Waals surface area contributed by atoms with Gasteiger partial charge >= 0.3 is 0 Å². The summed E-state index contributed by atoms with van der Waals surface area (Å²) in [6, 6.07) is 6.12. The second-order valence-corrected chi connectivity index (χ2v) is 6.34. The number of aromatic nitrogens is 2. The monoisotopic (exact) mass is 307 g/mol. The number of alkyl halides is 1. The van der Waals surface area contributed by atoms with Crippen molar-refractivity contribution in [3.05, 3.63) is 29.6 Å². The highest BCUT2D eigenvalue weighted by Gasteiger charge is 2.29. The number of nitrogens with one attached hydrogen (secondary N) is 1. The highest BCUT2D eigenvalue weighted by atomic mass is 35.5. The lowest BCUT2D eigenvalue weighted by Crippen LogP contribution is -2.38. The fourth-order valence-electron chi connectivity index (χ4n) is 2.59. The molecule has 1 aromatic carbocycles. The summed E-state index contributed by atoms with van der Waals surface area (Å²) in [7, 11) is 1.67. The summed E-state index contributed by atoms with van der Waals surface area (Å²) in [5.74, 6) is 1.48. The molecule has 2 rings (SSSR count). The maximum absolute atomic E-state index is 12.1. The molecule has 1 heterocycles. The van der Waals surface area contributed by atoms with Crippen LogP contribution >= 0.6 is 11.6 Å². The number of benzene rings is 1. The van der Waals surface area contributed by atoms with Gasteiger partial charge in [0, 0.05) is 25.9 Å². The van der Waals surface area contributed by atoms with Gasteiger partial charge in [0.25, 0.3) is 0 Å². The number of carbonyl (C=O) groups excluding carboxylic acids is 1. The van der Waals surface area contributed by atoms with Gasteiger partial charge in [0.15, 0.2) is 0 Å². The van der Waals surface area contributed by atoms with Crippen molar-refractivity contribution in [2.45, 2.75) is 33.7 Å². The summed E-state index contributed by atoms with van der Waals surface area (Å²) in [4.78, 5) is 16.8. The molecule has 0 spiro atoms. The van der Waals surface area contributed by atoms with E-state index >= 15 is 0 Å². The Balaban J connectivity index is 2.53. The number of nitrogens with zero attached hydrogens (tertiary/aromatic N) is 2. The fraction of sp³-hybridized carbons (Fsp3) is 0.500. The van der Waals surface area contributed by atoms with Crippen molar-refractivity contribution in [2.24, 2.45) is 5.41 Å². The molecular weight excluding hydrogens is 286 g/mol. The van der Waals surface area contributed by atoms with Crippen LogP contribution in [-0.4, -0.2) is 28.4 Å². The number of amides is 1. The predicted molar refractivity (Wildman–Crippen MR) is 86.7 cm³/mol. The lowest BCUT2D eigenvalue weighted by molar-refractivity contribution is -0.129. The molecule has 0 aliphatic carbocycles. The van der Waals surface area contributed by atoms with E-state index in [-0.39, 0.29) is 5.91 Å². The van der Waals surface area contributed by atoms with E-state index in [1.807, 2.05) is 39.0 Å². The van der Waals surface area contributed by atoms with Gasteiger partial charge in [-0.2, -0.15) is 0 Å². The van der Waals surface area contributed by atoms with Gasteiger partial charge in [0.05, 0.1) is 16.4 Å². The van der Waals surface area contributed by atoms with Crippen LogP contribution in [0.2, 0.25) is 0 Å². The number of para-hydroxylation sites is 1. The Kier molecular flexibility index (Phi) is 4.57. The van der Waals surface area contributed by atoms with Crippen LogP contribution in [0.25, 0.3) is 11.0 Å². The van der Waals surface area contributed by atoms with E-state index in [1.165, 1.54) is 0 Å². The van der Waals surface area contributed by atoms with Crippen molar-refractivity contribution < 1.29 is 4.79 Å². The molecule has 0 unspecified atom stereocenters. The van der Waals surface area contributed by atoms with Crippen LogP contribution in [0.5, 0.6) is 0 Å². The van der Waals surface area contributed by atoms with E-state index < -0.39 is 5.41 Å². The lowest BCUT2D eigenvalue weighted by atomic mass is 9.92. The second kappa shape index (κ2) is 6.06. The number of hydrogen-bond donors (Lipinski definition) is 1. The van der Waals surface area contributed by atoms with Crippen LogP contribution in [0.15, 0.2) is 18.2 Å². The van der Waals surface area contributed by atoms with E-state index in [2.05, 4.69) is 9.88 Å². The number of rotatable bonds is 5. The molecule has 0 fully saturated rings. The van der Waals surface area contributed by atoms with Gasteiger partial charge in [-0.05, 0) is 32.4 Å². The third-order valence-electron chi connectivity index (χ3n) is 3.77. The van der Waals surface area contributed by atoms with E-state index in [4.69, 9.17) is 16.6 Å². The minimum Gasteiger partial charge on any atom is -0.359 e. The van der Waals surface area contributed by atoms with Crippen molar-refractivity contribution in [3.8, 4) is 0 Å². The lowest BCUT2D eigenvalue weighted by Gasteiger charge is -2.24. The zero-order valence-electron chi connectivity index (χ0n) is 13.0. The molecule has 0 saturated carbocycles. The van der Waals surface area contributed by atoms with Crippen LogP contribution in [0, 0.1) is 12.3 Å². The van der Waals surface area contributed by atoms with Gasteiger partial charge in [0.1, 0.15) is 5.82 Å². The molecule has 1 amide bonds. The van der Waals surface area contributed by atoms with Crippen molar-refractivity contribution in [1.82, 2.24) is 14.9 Å². The maximum Gasteiger partial charge on any atom is 0.227 e. The Hall–Kier alpha value is -1.55. The van der Waals surface area contributed by atoms with E-state index in [0.29, 0.717) is 18.8 Å². The number of halogens is 1. The normalized spacial score (nSPS) is 11.9. The Morgan fingerprint density at radius 2 is 2.14 bits per heavy atom. The van der Waals surface area contributed by atoms with Crippen LogP contribution < -0.4 is 5.32 Å². The highest BCUT2D eigenvalue weighted by Crippen LogP contribution is 2.26. The molecule has 4 nitrogen and oxygen atoms in total. The maximum atomic E-state index is 12.1. The van der Waals surface area contributed by atoms with Crippen molar-refractivity contribution in [3.63, 3.8) is 0 Å². The van der Waals surface area contributed by atoms with Crippen LogP contribution in [0.3, 0.4) is 0 Å². The van der Waals surface area contributed by atoms with Gasteiger partial charge in [-0.3, -0.25) is 4.79 Å². The van der Waals surface area contributed by atoms with Crippen molar-refractivity contribution in [2.75, 3.05) is 12.9 Å². The van der Waals surface area contributed by atoms with Gasteiger partial charge in [-0.25, -0.2) is 4.98 Å². The van der Waals surface area contributed by atoms with Gasteiger partial charge in [-0.1, -0.05) is 12.1 Å². The van der Waals surface area contributed by atoms with Crippen LogP contribution in [-0.2, 0) is 17.8 Å². The standard InChI is InChI=1S/C16H22ClN3O/c1-11-6-5-7-12-14(11)19-13(8-9-17)20(12)10-16(2,3)15(21)18-4/h5-7H,8-10H2,1-4H3,(H,18,21). The minimum absolute atomic E-state index is 0.0221. The molecule has 0 saturated heterocycles. The van der Waals surface area contributed by atoms with Gasteiger partial charge in [0.2, 0.25) is 5.91 Å². The molecule has 0 atom stereocenters. The van der Waals surface area contributed by atoms with E-state index in [9.17, 15) is 4.79 Å². The summed E-state index contributed by atoms with van der Waals surface area (Å²) in [6.45, 7) is 6.52. The molecule has 0 aliphatic heterocycles. The first kappa shape index (κ1) is 15.8. The summed E-state index contributed by atoms with van der Waals surface area (Å²) in [5, 5.41) is 2.73. The molecular formula is C16H22ClN3O. The summed E-state index contributed by atoms with van der Waals surface area (Å²) in [6.07, 6.45) is 0.694. The average Bonchev–Trinajstić information content (AvgIpc) is 2.78. The molecule has 5 heteroatoms. The van der Waals surface area contributed by atoms with E-state index in [0.717, 1.165) is 22.4 Å². The number of aryl methyl sites for hydroxylation is 2. The topological polar surface area (TPSA) is 46.9 Å². The highest BCUT2D eigenvalue weighted by molar-refractivity contribution is 6.17. The zero-order valence-corrected chi connectivity index (χ0v) is 13.8. The van der Waals surface area contributed by atoms with Crippen molar-refractivity contribution in [1.29, 1.82) is 0 Å². The molecule has 114 valence electrons. The Morgan fingerprint density at radius 1 is 1.43 bits per heavy atom. The van der Waals surface area contributed by atoms with Crippen LogP contribution in [0.1, 0.15) is 25.2 Å². The number of fused-ring (bicyclic) bond motifs is 1. The molecule has 21 heavy (non-hydrogen) atoms. The molecule has 0 aliphatic rings. The first-order chi connectivity index (χ1) is 9.90. The number of hydrogen-bond acceptors (Lipinski definition) is 2. The van der Waals surface area contributed by atoms with E-state index in [1.54, 1.807) is 7.05 Å². The first-order valence-electron chi connectivity index (χ1n) is 7.13. The number of carbonyl (C=O) groups is 1. The van der Waals surface area contributed by atoms with Gasteiger partial charge < -0.3 is 9.88 Å². The second-order valence-electron chi connectivity index (χ2n) is 5.96. The quantitative estimate of drug-likeness (QED) is 0.863. The molecule has 0 bridgehead atoms. The first-order valence-corrected chi connectivity index (χ1v) is 7.67. The molecule has 1 aromatic heterocycles. The summed E-state index contributed by atoms with van der Waals surface area (Å²) >= 11 is 5.90. The van der Waals surface area contributed by atoms with Crippen molar-refractivity contribution >= 4 is 28.5 Å². The Labute approximate surface area is 130 Å². The van der Waals surface area contributed by atoms with Crippen LogP contribution in [0.4, 0.5) is 0 Å². The third kappa shape index (κ3) is 3.05. The fourth-order valence-corrected chi connectivity index (χ4v) is 2.76. The Bertz CT molecular complexity index is 661. The largest absolute Gasteiger partial charge is 0.359 e. The zero-order chi connectivity index (χ0) is 15.6. The molecule has 0 radical (unpaired) electrons. The smallest absolute Gasteiger partial charge is 0.227 e. The average molecular weight is 308 g/mol.